The zero-order valence-electron chi connectivity index (χ0n) is 9.34. The summed E-state index contributed by atoms with van der Waals surface area (Å²) in [6, 6.07) is 8.75. The molecule has 2 N–H and O–H groups in total. The molecule has 0 aliphatic rings. The second-order valence-corrected chi connectivity index (χ2v) is 4.32. The lowest BCUT2D eigenvalue weighted by molar-refractivity contribution is 0.0467. The third-order valence-corrected chi connectivity index (χ3v) is 2.85. The summed E-state index contributed by atoms with van der Waals surface area (Å²) in [6.07, 6.45) is 1.52. The average Bonchev–Trinajstić information content (AvgIpc) is 2.40. The predicted octanol–water partition coefficient (Wildman–Crippen LogP) is 2.18. The highest BCUT2D eigenvalue weighted by Crippen LogP contribution is 2.15. The van der Waals surface area contributed by atoms with Gasteiger partial charge < -0.3 is 10.5 Å². The summed E-state index contributed by atoms with van der Waals surface area (Å²) >= 11 is 3.26. The van der Waals surface area contributed by atoms with E-state index < -0.39 is 5.97 Å². The zero-order valence-corrected chi connectivity index (χ0v) is 10.9. The fourth-order valence-electron chi connectivity index (χ4n) is 1.31. The van der Waals surface area contributed by atoms with E-state index in [9.17, 15) is 4.79 Å². The number of nitrogens with zero attached hydrogens (tertiary/aromatic N) is 2. The van der Waals surface area contributed by atoms with Crippen molar-refractivity contribution in [3.8, 4) is 0 Å². The molecular weight excluding hydrogens is 298 g/mol. The Bertz CT molecular complexity index is 561. The number of ether oxygens (including phenoxy) is 1. The number of aromatic nitrogens is 2. The van der Waals surface area contributed by atoms with Gasteiger partial charge in [-0.3, -0.25) is 0 Å². The SMILES string of the molecule is Nc1ncc(Br)c(COC(=O)c2ccccc2)n1. The number of nitrogen functional groups attached to an aromatic ring is 1. The molecular formula is C12H10BrN3O2. The highest BCUT2D eigenvalue weighted by Gasteiger charge is 2.09. The molecule has 0 spiro atoms. The van der Waals surface area contributed by atoms with Crippen LogP contribution in [0.1, 0.15) is 16.1 Å². The Morgan fingerprint density at radius 2 is 2.06 bits per heavy atom. The summed E-state index contributed by atoms with van der Waals surface area (Å²) in [5, 5.41) is 0. The molecule has 0 unspecified atom stereocenters. The van der Waals surface area contributed by atoms with Gasteiger partial charge in [0.1, 0.15) is 6.61 Å². The summed E-state index contributed by atoms with van der Waals surface area (Å²) in [6.45, 7) is 0.0427. The lowest BCUT2D eigenvalue weighted by Gasteiger charge is -2.06. The number of hydrogen-bond acceptors (Lipinski definition) is 5. The Hall–Kier alpha value is -1.95. The van der Waals surface area contributed by atoms with Crippen LogP contribution in [-0.2, 0) is 11.3 Å². The summed E-state index contributed by atoms with van der Waals surface area (Å²) in [5.41, 5.74) is 6.49. The maximum absolute atomic E-state index is 11.7. The number of carbonyl (C=O) groups excluding carboxylic acids is 1. The summed E-state index contributed by atoms with van der Waals surface area (Å²) in [5.74, 6) is -0.261. The molecule has 1 aromatic carbocycles. The van der Waals surface area contributed by atoms with Gasteiger partial charge in [0.15, 0.2) is 0 Å². The van der Waals surface area contributed by atoms with E-state index in [4.69, 9.17) is 10.5 Å². The monoisotopic (exact) mass is 307 g/mol. The molecule has 1 heterocycles. The van der Waals surface area contributed by atoms with Crippen molar-refractivity contribution in [1.29, 1.82) is 0 Å². The Labute approximate surface area is 112 Å². The van der Waals surface area contributed by atoms with E-state index in [1.54, 1.807) is 24.3 Å². The molecule has 0 saturated heterocycles. The molecule has 5 nitrogen and oxygen atoms in total. The van der Waals surface area contributed by atoms with Crippen molar-refractivity contribution in [2.75, 3.05) is 5.73 Å². The van der Waals surface area contributed by atoms with Crippen LogP contribution in [0.4, 0.5) is 5.95 Å². The van der Waals surface area contributed by atoms with Crippen LogP contribution in [0.3, 0.4) is 0 Å². The average molecular weight is 308 g/mol. The van der Waals surface area contributed by atoms with E-state index in [0.717, 1.165) is 0 Å². The number of hydrogen-bond donors (Lipinski definition) is 1. The van der Waals surface area contributed by atoms with E-state index in [1.165, 1.54) is 6.20 Å². The number of benzene rings is 1. The van der Waals surface area contributed by atoms with Crippen LogP contribution in [-0.4, -0.2) is 15.9 Å². The number of anilines is 1. The molecule has 0 aliphatic heterocycles. The van der Waals surface area contributed by atoms with Crippen molar-refractivity contribution in [1.82, 2.24) is 9.97 Å². The van der Waals surface area contributed by atoms with E-state index in [1.807, 2.05) is 6.07 Å². The van der Waals surface area contributed by atoms with Crippen LogP contribution >= 0.6 is 15.9 Å². The van der Waals surface area contributed by atoms with Gasteiger partial charge in [-0.2, -0.15) is 0 Å². The largest absolute Gasteiger partial charge is 0.456 e. The Kier molecular flexibility index (Phi) is 3.88. The van der Waals surface area contributed by atoms with E-state index in [0.29, 0.717) is 15.7 Å². The van der Waals surface area contributed by atoms with Gasteiger partial charge in [0.25, 0.3) is 0 Å². The van der Waals surface area contributed by atoms with Crippen molar-refractivity contribution in [2.45, 2.75) is 6.61 Å². The Morgan fingerprint density at radius 3 is 2.78 bits per heavy atom. The van der Waals surface area contributed by atoms with Crippen LogP contribution in [0.2, 0.25) is 0 Å². The lowest BCUT2D eigenvalue weighted by Crippen LogP contribution is -2.08. The van der Waals surface area contributed by atoms with E-state index in [2.05, 4.69) is 25.9 Å². The predicted molar refractivity (Wildman–Crippen MR) is 69.7 cm³/mol. The van der Waals surface area contributed by atoms with E-state index in [-0.39, 0.29) is 12.6 Å². The number of nitrogens with two attached hydrogens (primary N) is 1. The summed E-state index contributed by atoms with van der Waals surface area (Å²) in [4.78, 5) is 19.5. The molecule has 2 aromatic rings. The van der Waals surface area contributed by atoms with Gasteiger partial charge in [-0.1, -0.05) is 18.2 Å². The first-order valence-electron chi connectivity index (χ1n) is 5.16. The molecule has 0 saturated carbocycles. The van der Waals surface area contributed by atoms with Crippen LogP contribution in [0, 0.1) is 0 Å². The smallest absolute Gasteiger partial charge is 0.338 e. The second kappa shape index (κ2) is 5.59. The molecule has 6 heteroatoms. The first kappa shape index (κ1) is 12.5. The fourth-order valence-corrected chi connectivity index (χ4v) is 1.62. The van der Waals surface area contributed by atoms with Crippen molar-refractivity contribution < 1.29 is 9.53 Å². The maximum Gasteiger partial charge on any atom is 0.338 e. The van der Waals surface area contributed by atoms with Gasteiger partial charge in [-0.25, -0.2) is 14.8 Å². The minimum Gasteiger partial charge on any atom is -0.456 e. The normalized spacial score (nSPS) is 10.1. The van der Waals surface area contributed by atoms with Crippen molar-refractivity contribution in [3.05, 3.63) is 52.3 Å². The number of esters is 1. The quantitative estimate of drug-likeness (QED) is 0.879. The molecule has 2 rings (SSSR count). The number of carbonyl (C=O) groups is 1. The standard InChI is InChI=1S/C12H10BrN3O2/c13-9-6-15-12(14)16-10(9)7-18-11(17)8-4-2-1-3-5-8/h1-6H,7H2,(H2,14,15,16). The van der Waals surface area contributed by atoms with Crippen molar-refractivity contribution >= 4 is 27.8 Å². The molecule has 92 valence electrons. The Morgan fingerprint density at radius 1 is 1.33 bits per heavy atom. The third kappa shape index (κ3) is 3.04. The lowest BCUT2D eigenvalue weighted by atomic mass is 10.2. The first-order valence-corrected chi connectivity index (χ1v) is 5.95. The fraction of sp³-hybridized carbons (Fsp3) is 0.0833. The van der Waals surface area contributed by atoms with Crippen LogP contribution in [0.25, 0.3) is 0 Å². The molecule has 1 aromatic heterocycles. The molecule has 0 fully saturated rings. The van der Waals surface area contributed by atoms with Crippen LogP contribution in [0.5, 0.6) is 0 Å². The van der Waals surface area contributed by atoms with Gasteiger partial charge in [0.2, 0.25) is 5.95 Å². The molecule has 0 radical (unpaired) electrons. The second-order valence-electron chi connectivity index (χ2n) is 3.46. The first-order chi connectivity index (χ1) is 8.66. The van der Waals surface area contributed by atoms with Crippen molar-refractivity contribution in [3.63, 3.8) is 0 Å². The van der Waals surface area contributed by atoms with Crippen molar-refractivity contribution in [2.24, 2.45) is 0 Å². The highest BCUT2D eigenvalue weighted by atomic mass is 79.9. The van der Waals surface area contributed by atoms with Crippen LogP contribution in [0.15, 0.2) is 41.0 Å². The molecule has 18 heavy (non-hydrogen) atoms. The van der Waals surface area contributed by atoms with E-state index >= 15 is 0 Å². The molecule has 0 aliphatic carbocycles. The third-order valence-electron chi connectivity index (χ3n) is 2.18. The number of halogens is 1. The molecule has 0 bridgehead atoms. The highest BCUT2D eigenvalue weighted by molar-refractivity contribution is 9.10. The Balaban J connectivity index is 2.04. The van der Waals surface area contributed by atoms with Crippen LogP contribution < -0.4 is 5.73 Å². The van der Waals surface area contributed by atoms with Gasteiger partial charge in [-0.15, -0.1) is 0 Å². The van der Waals surface area contributed by atoms with Gasteiger partial charge in [0.05, 0.1) is 15.7 Å². The number of rotatable bonds is 3. The summed E-state index contributed by atoms with van der Waals surface area (Å²) in [7, 11) is 0. The molecule has 0 amide bonds. The zero-order chi connectivity index (χ0) is 13.0. The molecule has 0 atom stereocenters. The minimum absolute atomic E-state index is 0.0427. The maximum atomic E-state index is 11.7. The van der Waals surface area contributed by atoms with Gasteiger partial charge >= 0.3 is 5.97 Å². The van der Waals surface area contributed by atoms with Gasteiger partial charge in [0, 0.05) is 6.20 Å². The summed E-state index contributed by atoms with van der Waals surface area (Å²) < 4.78 is 5.79. The van der Waals surface area contributed by atoms with Gasteiger partial charge in [-0.05, 0) is 28.1 Å². The topological polar surface area (TPSA) is 78.1 Å². The minimum atomic E-state index is -0.403.